The lowest BCUT2D eigenvalue weighted by molar-refractivity contribution is 0.238. The van der Waals surface area contributed by atoms with E-state index in [0.29, 0.717) is 5.92 Å². The Morgan fingerprint density at radius 2 is 2.15 bits per heavy atom. The van der Waals surface area contributed by atoms with Crippen LogP contribution in [-0.2, 0) is 6.42 Å². The first-order chi connectivity index (χ1) is 9.65. The van der Waals surface area contributed by atoms with Crippen LogP contribution >= 0.6 is 11.3 Å². The molecular weight excluding hydrogens is 270 g/mol. The Morgan fingerprint density at radius 3 is 2.75 bits per heavy atom. The number of aliphatic hydroxyl groups excluding tert-OH is 1. The van der Waals surface area contributed by atoms with Crippen molar-refractivity contribution in [1.29, 1.82) is 0 Å². The van der Waals surface area contributed by atoms with Gasteiger partial charge in [-0.3, -0.25) is 4.99 Å². The van der Waals surface area contributed by atoms with E-state index in [9.17, 15) is 0 Å². The van der Waals surface area contributed by atoms with Crippen LogP contribution in [0.3, 0.4) is 0 Å². The normalized spacial score (nSPS) is 14.9. The van der Waals surface area contributed by atoms with Gasteiger partial charge in [-0.2, -0.15) is 0 Å². The lowest BCUT2D eigenvalue weighted by Crippen LogP contribution is -2.40. The number of guanidine groups is 1. The molecule has 5 heteroatoms. The topological polar surface area (TPSA) is 56.7 Å². The molecule has 0 radical (unpaired) electrons. The highest BCUT2D eigenvalue weighted by atomic mass is 32.1. The molecule has 20 heavy (non-hydrogen) atoms. The van der Waals surface area contributed by atoms with Gasteiger partial charge in [0.25, 0.3) is 0 Å². The van der Waals surface area contributed by atoms with Crippen molar-refractivity contribution in [3.8, 4) is 0 Å². The van der Waals surface area contributed by atoms with Crippen molar-refractivity contribution in [3.05, 3.63) is 22.4 Å². The number of aliphatic imine (C=N–C) groups is 1. The van der Waals surface area contributed by atoms with Gasteiger partial charge in [0, 0.05) is 31.1 Å². The first-order valence-electron chi connectivity index (χ1n) is 7.31. The maximum absolute atomic E-state index is 9.04. The molecule has 1 heterocycles. The van der Waals surface area contributed by atoms with Crippen molar-refractivity contribution in [1.82, 2.24) is 10.6 Å². The lowest BCUT2D eigenvalue weighted by atomic mass is 10.1. The molecule has 0 saturated heterocycles. The predicted molar refractivity (Wildman–Crippen MR) is 87.4 cm³/mol. The van der Waals surface area contributed by atoms with Crippen LogP contribution in [0.2, 0.25) is 0 Å². The molecule has 114 valence electrons. The molecule has 0 fully saturated rings. The monoisotopic (exact) mass is 297 g/mol. The summed E-state index contributed by atoms with van der Waals surface area (Å²) in [5, 5.41) is 17.7. The van der Waals surface area contributed by atoms with Crippen LogP contribution in [0, 0.1) is 11.8 Å². The van der Waals surface area contributed by atoms with Gasteiger partial charge in [-0.25, -0.2) is 0 Å². The second kappa shape index (κ2) is 9.77. The van der Waals surface area contributed by atoms with E-state index >= 15 is 0 Å². The standard InChI is InChI=1S/C15H27N3OS/c1-4-16-15(18-10-13(3)11-19)17-9-12(2)8-14-6-5-7-20-14/h5-7,12-13,19H,4,8-11H2,1-3H3,(H2,16,17,18). The fourth-order valence-corrected chi connectivity index (χ4v) is 2.63. The Labute approximate surface area is 126 Å². The smallest absolute Gasteiger partial charge is 0.191 e. The van der Waals surface area contributed by atoms with Crippen molar-refractivity contribution in [2.24, 2.45) is 16.8 Å². The van der Waals surface area contributed by atoms with Crippen LogP contribution in [0.25, 0.3) is 0 Å². The van der Waals surface area contributed by atoms with Crippen molar-refractivity contribution in [2.75, 3.05) is 26.2 Å². The number of hydrogen-bond acceptors (Lipinski definition) is 3. The van der Waals surface area contributed by atoms with Gasteiger partial charge in [0.15, 0.2) is 5.96 Å². The third-order valence-corrected chi connectivity index (χ3v) is 3.86. The van der Waals surface area contributed by atoms with Gasteiger partial charge in [-0.1, -0.05) is 19.9 Å². The predicted octanol–water partition coefficient (Wildman–Crippen LogP) is 2.11. The van der Waals surface area contributed by atoms with Crippen LogP contribution in [-0.4, -0.2) is 37.3 Å². The minimum absolute atomic E-state index is 0.196. The summed E-state index contributed by atoms with van der Waals surface area (Å²) in [6.45, 7) is 8.88. The zero-order chi connectivity index (χ0) is 14.8. The van der Waals surface area contributed by atoms with Crippen LogP contribution in [0.1, 0.15) is 25.6 Å². The average molecular weight is 297 g/mol. The maximum Gasteiger partial charge on any atom is 0.191 e. The van der Waals surface area contributed by atoms with Gasteiger partial charge in [-0.05, 0) is 36.6 Å². The summed E-state index contributed by atoms with van der Waals surface area (Å²) in [7, 11) is 0. The summed E-state index contributed by atoms with van der Waals surface area (Å²) in [5.74, 6) is 1.60. The van der Waals surface area contributed by atoms with E-state index in [1.807, 2.05) is 6.92 Å². The van der Waals surface area contributed by atoms with E-state index in [0.717, 1.165) is 32.0 Å². The van der Waals surface area contributed by atoms with Crippen molar-refractivity contribution in [3.63, 3.8) is 0 Å². The highest BCUT2D eigenvalue weighted by molar-refractivity contribution is 7.09. The SMILES string of the molecule is CCNC(=NCC(C)Cc1cccs1)NCC(C)CO. The molecular formula is C15H27N3OS. The van der Waals surface area contributed by atoms with Crippen molar-refractivity contribution < 1.29 is 5.11 Å². The van der Waals surface area contributed by atoms with Gasteiger partial charge in [0.05, 0.1) is 0 Å². The van der Waals surface area contributed by atoms with E-state index in [1.165, 1.54) is 4.88 Å². The Hall–Kier alpha value is -1.07. The van der Waals surface area contributed by atoms with E-state index in [-0.39, 0.29) is 12.5 Å². The Morgan fingerprint density at radius 1 is 1.35 bits per heavy atom. The number of aliphatic hydroxyl groups is 1. The molecule has 2 unspecified atom stereocenters. The van der Waals surface area contributed by atoms with E-state index in [4.69, 9.17) is 5.11 Å². The lowest BCUT2D eigenvalue weighted by Gasteiger charge is -2.15. The van der Waals surface area contributed by atoms with E-state index < -0.39 is 0 Å². The molecule has 0 aliphatic heterocycles. The van der Waals surface area contributed by atoms with Crippen LogP contribution in [0.4, 0.5) is 0 Å². The maximum atomic E-state index is 9.04. The quantitative estimate of drug-likeness (QED) is 0.509. The minimum atomic E-state index is 0.196. The van der Waals surface area contributed by atoms with Crippen LogP contribution in [0.15, 0.2) is 22.5 Å². The molecule has 3 N–H and O–H groups in total. The first-order valence-corrected chi connectivity index (χ1v) is 8.19. The van der Waals surface area contributed by atoms with Gasteiger partial charge in [-0.15, -0.1) is 11.3 Å². The summed E-state index contributed by atoms with van der Waals surface area (Å²) in [4.78, 5) is 6.03. The number of thiophene rings is 1. The highest BCUT2D eigenvalue weighted by Gasteiger charge is 2.06. The summed E-state index contributed by atoms with van der Waals surface area (Å²) in [5.41, 5.74) is 0. The third kappa shape index (κ3) is 6.91. The van der Waals surface area contributed by atoms with Gasteiger partial charge in [0.1, 0.15) is 0 Å². The number of hydrogen-bond donors (Lipinski definition) is 3. The second-order valence-corrected chi connectivity index (χ2v) is 6.31. The zero-order valence-corrected chi connectivity index (χ0v) is 13.5. The van der Waals surface area contributed by atoms with Crippen LogP contribution < -0.4 is 10.6 Å². The molecule has 0 bridgehead atoms. The average Bonchev–Trinajstić information content (AvgIpc) is 2.94. The van der Waals surface area contributed by atoms with E-state index in [1.54, 1.807) is 11.3 Å². The fourth-order valence-electron chi connectivity index (χ4n) is 1.76. The molecule has 0 aromatic carbocycles. The highest BCUT2D eigenvalue weighted by Crippen LogP contribution is 2.14. The first kappa shape index (κ1) is 17.0. The second-order valence-electron chi connectivity index (χ2n) is 5.28. The molecule has 4 nitrogen and oxygen atoms in total. The zero-order valence-electron chi connectivity index (χ0n) is 12.7. The molecule has 0 aliphatic rings. The van der Waals surface area contributed by atoms with Crippen LogP contribution in [0.5, 0.6) is 0 Å². The molecule has 1 aromatic rings. The fraction of sp³-hybridized carbons (Fsp3) is 0.667. The Balaban J connectivity index is 2.40. The summed E-state index contributed by atoms with van der Waals surface area (Å²) in [6.07, 6.45) is 1.08. The Bertz CT molecular complexity index is 378. The van der Waals surface area contributed by atoms with Crippen molar-refractivity contribution >= 4 is 17.3 Å². The summed E-state index contributed by atoms with van der Waals surface area (Å²) < 4.78 is 0. The number of rotatable bonds is 8. The van der Waals surface area contributed by atoms with E-state index in [2.05, 4.69) is 47.0 Å². The number of nitrogens with zero attached hydrogens (tertiary/aromatic N) is 1. The molecule has 0 spiro atoms. The molecule has 1 rings (SSSR count). The molecule has 2 atom stereocenters. The molecule has 0 amide bonds. The minimum Gasteiger partial charge on any atom is -0.396 e. The van der Waals surface area contributed by atoms with Crippen molar-refractivity contribution in [2.45, 2.75) is 27.2 Å². The number of nitrogens with one attached hydrogen (secondary N) is 2. The van der Waals surface area contributed by atoms with Gasteiger partial charge >= 0.3 is 0 Å². The van der Waals surface area contributed by atoms with Gasteiger partial charge in [0.2, 0.25) is 0 Å². The molecule has 1 aromatic heterocycles. The largest absolute Gasteiger partial charge is 0.396 e. The van der Waals surface area contributed by atoms with Gasteiger partial charge < -0.3 is 15.7 Å². The Kier molecular flexibility index (Phi) is 8.30. The molecule has 0 saturated carbocycles. The molecule has 0 aliphatic carbocycles. The third-order valence-electron chi connectivity index (χ3n) is 2.96. The summed E-state index contributed by atoms with van der Waals surface area (Å²) in [6, 6.07) is 4.27. The summed E-state index contributed by atoms with van der Waals surface area (Å²) >= 11 is 1.81.